The highest BCUT2D eigenvalue weighted by atomic mass is 32.1. The normalized spacial score (nSPS) is 18.9. The van der Waals surface area contributed by atoms with E-state index in [1.165, 1.54) is 39.9 Å². The third-order valence-corrected chi connectivity index (χ3v) is 7.08. The maximum absolute atomic E-state index is 11.7. The number of amides is 1. The van der Waals surface area contributed by atoms with Crippen molar-refractivity contribution in [1.29, 1.82) is 0 Å². The van der Waals surface area contributed by atoms with Crippen molar-refractivity contribution in [1.82, 2.24) is 14.9 Å². The molecule has 1 aliphatic heterocycles. The number of piperazine rings is 1. The lowest BCUT2D eigenvalue weighted by Crippen LogP contribution is -2.48. The quantitative estimate of drug-likeness (QED) is 0.823. The van der Waals surface area contributed by atoms with E-state index in [0.717, 1.165) is 50.7 Å². The Morgan fingerprint density at radius 2 is 1.88 bits per heavy atom. The highest BCUT2D eigenvalue weighted by molar-refractivity contribution is 7.19. The number of carbonyl (C=O) groups is 1. The topological polar surface area (TPSA) is 49.3 Å². The molecule has 1 atom stereocenters. The first kappa shape index (κ1) is 17.7. The number of hydrogen-bond donors (Lipinski definition) is 0. The van der Waals surface area contributed by atoms with Gasteiger partial charge in [0.2, 0.25) is 5.91 Å². The number of aryl methyl sites for hydroxylation is 2. The van der Waals surface area contributed by atoms with Crippen molar-refractivity contribution in [2.75, 3.05) is 31.1 Å². The van der Waals surface area contributed by atoms with Gasteiger partial charge >= 0.3 is 0 Å². The molecule has 4 rings (SSSR count). The molecule has 3 heterocycles. The Morgan fingerprint density at radius 1 is 1.15 bits per heavy atom. The molecule has 2 aliphatic rings. The van der Waals surface area contributed by atoms with Crippen LogP contribution >= 0.6 is 11.3 Å². The molecule has 0 spiro atoms. The highest BCUT2D eigenvalue weighted by Gasteiger charge is 2.27. The molecule has 2 aromatic rings. The summed E-state index contributed by atoms with van der Waals surface area (Å²) in [5.41, 5.74) is 1.50. The van der Waals surface area contributed by atoms with Crippen molar-refractivity contribution in [3.8, 4) is 0 Å². The second-order valence-corrected chi connectivity index (χ2v) is 8.68. The number of aromatic nitrogens is 2. The van der Waals surface area contributed by atoms with E-state index in [1.807, 2.05) is 16.2 Å². The highest BCUT2D eigenvalue weighted by Crippen LogP contribution is 2.40. The van der Waals surface area contributed by atoms with Crippen molar-refractivity contribution >= 4 is 33.3 Å². The maximum Gasteiger partial charge on any atom is 0.219 e. The molecule has 1 amide bonds. The Labute approximate surface area is 159 Å². The molecule has 0 radical (unpaired) electrons. The molecule has 5 nitrogen and oxygen atoms in total. The van der Waals surface area contributed by atoms with Crippen LogP contribution in [0.3, 0.4) is 0 Å². The zero-order chi connectivity index (χ0) is 18.3. The van der Waals surface area contributed by atoms with Crippen LogP contribution in [0.25, 0.3) is 10.2 Å². The summed E-state index contributed by atoms with van der Waals surface area (Å²) in [6.45, 7) is 9.36. The Morgan fingerprint density at radius 3 is 2.58 bits per heavy atom. The van der Waals surface area contributed by atoms with Crippen LogP contribution in [0.2, 0.25) is 0 Å². The summed E-state index contributed by atoms with van der Waals surface area (Å²) in [6, 6.07) is 0. The zero-order valence-electron chi connectivity index (χ0n) is 16.0. The van der Waals surface area contributed by atoms with E-state index >= 15 is 0 Å². The summed E-state index contributed by atoms with van der Waals surface area (Å²) in [6.07, 6.45) is 5.95. The van der Waals surface area contributed by atoms with Gasteiger partial charge in [-0.25, -0.2) is 9.97 Å². The largest absolute Gasteiger partial charge is 0.352 e. The van der Waals surface area contributed by atoms with Crippen LogP contribution in [0.1, 0.15) is 62.2 Å². The van der Waals surface area contributed by atoms with Gasteiger partial charge in [-0.05, 0) is 37.7 Å². The molecule has 26 heavy (non-hydrogen) atoms. The van der Waals surface area contributed by atoms with Crippen molar-refractivity contribution < 1.29 is 4.79 Å². The number of anilines is 1. The van der Waals surface area contributed by atoms with Gasteiger partial charge in [-0.15, -0.1) is 11.3 Å². The summed E-state index contributed by atoms with van der Waals surface area (Å²) in [7, 11) is 0. The smallest absolute Gasteiger partial charge is 0.219 e. The van der Waals surface area contributed by atoms with Crippen LogP contribution in [0, 0.1) is 0 Å². The fourth-order valence-electron chi connectivity index (χ4n) is 4.02. The molecular formula is C20H28N4OS. The number of rotatable bonds is 3. The minimum Gasteiger partial charge on any atom is -0.352 e. The molecule has 1 unspecified atom stereocenters. The monoisotopic (exact) mass is 372 g/mol. The fourth-order valence-corrected chi connectivity index (χ4v) is 5.28. The van der Waals surface area contributed by atoms with Gasteiger partial charge in [0.05, 0.1) is 5.39 Å². The van der Waals surface area contributed by atoms with Gasteiger partial charge in [-0.2, -0.15) is 0 Å². The molecule has 0 aromatic carbocycles. The van der Waals surface area contributed by atoms with Crippen molar-refractivity contribution in [3.63, 3.8) is 0 Å². The van der Waals surface area contributed by atoms with Crippen LogP contribution in [0.5, 0.6) is 0 Å². The molecule has 0 N–H and O–H groups in total. The molecular weight excluding hydrogens is 344 g/mol. The Hall–Kier alpha value is -1.69. The standard InChI is InChI=1S/C20H28N4OS/c1-4-13(2)18-21-19(24-11-9-23(10-12-24)14(3)25)17-15-7-5-6-8-16(15)26-20(17)22-18/h13H,4-12H2,1-3H3. The lowest BCUT2D eigenvalue weighted by molar-refractivity contribution is -0.129. The fraction of sp³-hybridized carbons (Fsp3) is 0.650. The number of hydrogen-bond acceptors (Lipinski definition) is 5. The van der Waals surface area contributed by atoms with E-state index < -0.39 is 0 Å². The molecule has 1 aliphatic carbocycles. The van der Waals surface area contributed by atoms with Gasteiger partial charge in [-0.1, -0.05) is 13.8 Å². The Bertz CT molecular complexity index is 823. The van der Waals surface area contributed by atoms with Crippen molar-refractivity contribution in [2.45, 2.75) is 58.8 Å². The third-order valence-electron chi connectivity index (χ3n) is 5.89. The summed E-state index contributed by atoms with van der Waals surface area (Å²) in [4.78, 5) is 28.7. The number of fused-ring (bicyclic) bond motifs is 3. The van der Waals surface area contributed by atoms with Gasteiger partial charge in [-0.3, -0.25) is 4.79 Å². The first-order chi connectivity index (χ1) is 12.6. The Kier molecular flexibility index (Phi) is 4.86. The summed E-state index contributed by atoms with van der Waals surface area (Å²) in [5.74, 6) is 2.64. The van der Waals surface area contributed by atoms with E-state index in [9.17, 15) is 4.79 Å². The molecule has 140 valence electrons. The summed E-state index contributed by atoms with van der Waals surface area (Å²) >= 11 is 1.88. The maximum atomic E-state index is 11.7. The predicted molar refractivity (Wildman–Crippen MR) is 107 cm³/mol. The van der Waals surface area contributed by atoms with E-state index in [4.69, 9.17) is 9.97 Å². The average Bonchev–Trinajstić information content (AvgIpc) is 3.05. The van der Waals surface area contributed by atoms with E-state index in [0.29, 0.717) is 5.92 Å². The van der Waals surface area contributed by atoms with Crippen LogP contribution in [-0.2, 0) is 17.6 Å². The molecule has 2 aromatic heterocycles. The second-order valence-electron chi connectivity index (χ2n) is 7.60. The second kappa shape index (κ2) is 7.14. The van der Waals surface area contributed by atoms with Gasteiger partial charge in [0, 0.05) is 43.9 Å². The summed E-state index contributed by atoms with van der Waals surface area (Å²) in [5, 5.41) is 1.30. The van der Waals surface area contributed by atoms with Crippen LogP contribution in [-0.4, -0.2) is 47.0 Å². The van der Waals surface area contributed by atoms with Gasteiger partial charge in [0.25, 0.3) is 0 Å². The van der Waals surface area contributed by atoms with Crippen LogP contribution in [0.15, 0.2) is 0 Å². The van der Waals surface area contributed by atoms with Crippen LogP contribution < -0.4 is 4.90 Å². The van der Waals surface area contributed by atoms with Crippen molar-refractivity contribution in [2.24, 2.45) is 0 Å². The minimum atomic E-state index is 0.172. The number of carbonyl (C=O) groups excluding carboxylic acids is 1. The van der Waals surface area contributed by atoms with Gasteiger partial charge in [0.15, 0.2) is 0 Å². The summed E-state index contributed by atoms with van der Waals surface area (Å²) < 4.78 is 0. The zero-order valence-corrected chi connectivity index (χ0v) is 16.9. The van der Waals surface area contributed by atoms with E-state index in [-0.39, 0.29) is 5.91 Å². The molecule has 1 fully saturated rings. The van der Waals surface area contributed by atoms with E-state index in [2.05, 4.69) is 18.7 Å². The predicted octanol–water partition coefficient (Wildman–Crippen LogP) is 3.75. The SMILES string of the molecule is CCC(C)c1nc(N2CCN(C(C)=O)CC2)c2c3c(sc2n1)CCCC3. The lowest BCUT2D eigenvalue weighted by atomic mass is 9.96. The molecule has 6 heteroatoms. The molecule has 0 bridgehead atoms. The average molecular weight is 373 g/mol. The first-order valence-electron chi connectivity index (χ1n) is 9.91. The third kappa shape index (κ3) is 3.08. The van der Waals surface area contributed by atoms with Crippen molar-refractivity contribution in [3.05, 3.63) is 16.3 Å². The lowest BCUT2D eigenvalue weighted by Gasteiger charge is -2.35. The van der Waals surface area contributed by atoms with Gasteiger partial charge in [0.1, 0.15) is 16.5 Å². The Balaban J connectivity index is 1.78. The van der Waals surface area contributed by atoms with E-state index in [1.54, 1.807) is 6.92 Å². The molecule has 1 saturated heterocycles. The first-order valence-corrected chi connectivity index (χ1v) is 10.7. The molecule has 0 saturated carbocycles. The van der Waals surface area contributed by atoms with Gasteiger partial charge < -0.3 is 9.80 Å². The minimum absolute atomic E-state index is 0.172. The number of nitrogens with zero attached hydrogens (tertiary/aromatic N) is 4. The van der Waals surface area contributed by atoms with Crippen LogP contribution in [0.4, 0.5) is 5.82 Å². The number of thiophene rings is 1.